The van der Waals surface area contributed by atoms with Crippen molar-refractivity contribution in [3.05, 3.63) is 22.5 Å². The first-order valence-electron chi connectivity index (χ1n) is 5.97. The minimum absolute atomic E-state index is 0.0950. The molecule has 0 spiro atoms. The molecule has 0 radical (unpaired) electrons. The van der Waals surface area contributed by atoms with Gasteiger partial charge in [-0.3, -0.25) is 4.39 Å². The molecule has 0 fully saturated rings. The highest BCUT2D eigenvalue weighted by atomic mass is 18.2. The molecular formula is C11H18FN3O2. The second-order valence-electron chi connectivity index (χ2n) is 3.99. The number of aryl methyl sites for hydroxylation is 1. The van der Waals surface area contributed by atoms with E-state index in [9.17, 15) is 14.5 Å². The first kappa shape index (κ1) is 13.6. The maximum atomic E-state index is 11.8. The average Bonchev–Trinajstić information content (AvgIpc) is 2.76. The molecule has 0 aliphatic heterocycles. The van der Waals surface area contributed by atoms with Gasteiger partial charge in [-0.1, -0.05) is 30.7 Å². The first-order valence-corrected chi connectivity index (χ1v) is 5.97. The van der Waals surface area contributed by atoms with Crippen LogP contribution in [0.5, 0.6) is 0 Å². The number of unbranched alkanes of at least 4 members (excludes halogenated alkanes) is 5. The van der Waals surface area contributed by atoms with Gasteiger partial charge in [0, 0.05) is 0 Å². The maximum absolute atomic E-state index is 11.8. The minimum atomic E-state index is -0.471. The number of halogens is 1. The Balaban J connectivity index is 2.14. The summed E-state index contributed by atoms with van der Waals surface area (Å²) in [6, 6.07) is 0. The van der Waals surface area contributed by atoms with E-state index in [4.69, 9.17) is 0 Å². The van der Waals surface area contributed by atoms with Crippen LogP contribution in [-0.4, -0.2) is 21.1 Å². The molecule has 0 saturated heterocycles. The van der Waals surface area contributed by atoms with Gasteiger partial charge in [0.1, 0.15) is 12.4 Å². The number of rotatable bonds is 9. The molecule has 0 N–H and O–H groups in total. The highest BCUT2D eigenvalue weighted by Crippen LogP contribution is 2.11. The van der Waals surface area contributed by atoms with E-state index in [1.807, 2.05) is 0 Å². The average molecular weight is 242 g/mol. The van der Waals surface area contributed by atoms with Crippen molar-refractivity contribution in [3.63, 3.8) is 0 Å². The van der Waals surface area contributed by atoms with Gasteiger partial charge in [0.15, 0.2) is 0 Å². The van der Waals surface area contributed by atoms with E-state index in [-0.39, 0.29) is 12.6 Å². The monoisotopic (exact) mass is 242 g/mol. The van der Waals surface area contributed by atoms with Gasteiger partial charge in [0.2, 0.25) is 0 Å². The lowest BCUT2D eigenvalue weighted by molar-refractivity contribution is -0.396. The molecule has 96 valence electrons. The van der Waals surface area contributed by atoms with E-state index in [0.717, 1.165) is 32.1 Å². The number of hydrogen-bond donors (Lipinski definition) is 0. The summed E-state index contributed by atoms with van der Waals surface area (Å²) in [6.07, 6.45) is 8.65. The van der Waals surface area contributed by atoms with Gasteiger partial charge in [0.05, 0.1) is 13.2 Å². The molecule has 0 bridgehead atoms. The number of hydrogen-bond acceptors (Lipinski definition) is 3. The smallest absolute Gasteiger partial charge is 0.390 e. The van der Waals surface area contributed by atoms with Crippen LogP contribution in [0.2, 0.25) is 0 Å². The lowest BCUT2D eigenvalue weighted by atomic mass is 10.1. The summed E-state index contributed by atoms with van der Waals surface area (Å²) in [5, 5.41) is 10.6. The number of aromatic nitrogens is 2. The van der Waals surface area contributed by atoms with E-state index in [1.165, 1.54) is 6.20 Å². The van der Waals surface area contributed by atoms with Crippen LogP contribution >= 0.6 is 0 Å². The van der Waals surface area contributed by atoms with Crippen molar-refractivity contribution in [1.82, 2.24) is 9.55 Å². The SMILES string of the molecule is O=[N+]([O-])c1nccn1CCCCCCCC[18F]. The quantitative estimate of drug-likeness (QED) is 0.380. The minimum Gasteiger partial charge on any atom is -0.390 e. The van der Waals surface area contributed by atoms with Crippen molar-refractivity contribution in [2.75, 3.05) is 6.67 Å². The molecule has 0 amide bonds. The fraction of sp³-hybridized carbons (Fsp3) is 0.727. The molecule has 1 aromatic rings. The van der Waals surface area contributed by atoms with Crippen molar-refractivity contribution in [2.45, 2.75) is 45.1 Å². The third-order valence-corrected chi connectivity index (χ3v) is 2.64. The van der Waals surface area contributed by atoms with E-state index in [2.05, 4.69) is 4.98 Å². The normalized spacial score (nSPS) is 10.6. The standard InChI is InChI=1S/C11H18FN3O2/c12-7-5-3-1-2-4-6-9-14-10-8-13-11(14)15(16)17/h8,10H,1-7,9H2/i12-1. The zero-order valence-electron chi connectivity index (χ0n) is 9.85. The molecule has 0 aliphatic rings. The lowest BCUT2D eigenvalue weighted by Gasteiger charge is -2.01. The van der Waals surface area contributed by atoms with Gasteiger partial charge < -0.3 is 10.1 Å². The molecule has 5 nitrogen and oxygen atoms in total. The van der Waals surface area contributed by atoms with E-state index < -0.39 is 4.92 Å². The number of nitro groups is 1. The Kier molecular flexibility index (Phi) is 6.21. The Hall–Kier alpha value is -1.46. The van der Waals surface area contributed by atoms with Gasteiger partial charge in [-0.05, 0) is 17.8 Å². The molecule has 6 heteroatoms. The van der Waals surface area contributed by atoms with Gasteiger partial charge in [-0.15, -0.1) is 0 Å². The molecule has 0 atom stereocenters. The van der Waals surface area contributed by atoms with Crippen molar-refractivity contribution < 1.29 is 9.31 Å². The van der Waals surface area contributed by atoms with Crippen LogP contribution < -0.4 is 0 Å². The Bertz CT molecular complexity index is 341. The molecule has 1 heterocycles. The van der Waals surface area contributed by atoms with Crippen molar-refractivity contribution in [2.24, 2.45) is 0 Å². The Morgan fingerprint density at radius 3 is 2.53 bits per heavy atom. The van der Waals surface area contributed by atoms with Crippen LogP contribution in [0, 0.1) is 10.1 Å². The summed E-state index contributed by atoms with van der Waals surface area (Å²) >= 11 is 0. The van der Waals surface area contributed by atoms with Crippen LogP contribution in [0.4, 0.5) is 10.3 Å². The molecule has 1 aromatic heterocycles. The van der Waals surface area contributed by atoms with Gasteiger partial charge >= 0.3 is 5.95 Å². The van der Waals surface area contributed by atoms with E-state index in [0.29, 0.717) is 13.0 Å². The zero-order chi connectivity index (χ0) is 12.5. The fourth-order valence-corrected chi connectivity index (χ4v) is 1.73. The summed E-state index contributed by atoms with van der Waals surface area (Å²) in [4.78, 5) is 13.8. The van der Waals surface area contributed by atoms with E-state index in [1.54, 1.807) is 10.8 Å². The molecule has 0 aliphatic carbocycles. The van der Waals surface area contributed by atoms with Gasteiger partial charge in [-0.2, -0.15) is 0 Å². The number of imidazole rings is 1. The van der Waals surface area contributed by atoms with Crippen LogP contribution in [0.1, 0.15) is 38.5 Å². The van der Waals surface area contributed by atoms with Crippen molar-refractivity contribution in [1.29, 1.82) is 0 Å². The van der Waals surface area contributed by atoms with Crippen LogP contribution in [0.25, 0.3) is 0 Å². The van der Waals surface area contributed by atoms with Crippen molar-refractivity contribution in [3.8, 4) is 0 Å². The lowest BCUT2D eigenvalue weighted by Crippen LogP contribution is -2.02. The predicted octanol–water partition coefficient (Wildman–Crippen LogP) is 3.10. The number of nitrogens with zero attached hydrogens (tertiary/aromatic N) is 3. The predicted molar refractivity (Wildman–Crippen MR) is 62.6 cm³/mol. The van der Waals surface area contributed by atoms with Crippen LogP contribution in [0.15, 0.2) is 12.4 Å². The Morgan fingerprint density at radius 1 is 1.24 bits per heavy atom. The summed E-state index contributed by atoms with van der Waals surface area (Å²) in [5.74, 6) is -0.0950. The molecule has 0 saturated carbocycles. The third-order valence-electron chi connectivity index (χ3n) is 2.64. The summed E-state index contributed by atoms with van der Waals surface area (Å²) in [5.41, 5.74) is 0. The topological polar surface area (TPSA) is 61.0 Å². The Morgan fingerprint density at radius 2 is 1.88 bits per heavy atom. The van der Waals surface area contributed by atoms with Crippen LogP contribution in [0.3, 0.4) is 0 Å². The van der Waals surface area contributed by atoms with Gasteiger partial charge in [-0.25, -0.2) is 4.57 Å². The first-order chi connectivity index (χ1) is 8.25. The molecule has 1 rings (SSSR count). The summed E-state index contributed by atoms with van der Waals surface area (Å²) in [6.45, 7) is 0.390. The largest absolute Gasteiger partial charge is 0.434 e. The van der Waals surface area contributed by atoms with Crippen molar-refractivity contribution >= 4 is 5.95 Å². The molecule has 17 heavy (non-hydrogen) atoms. The zero-order valence-corrected chi connectivity index (χ0v) is 9.85. The highest BCUT2D eigenvalue weighted by molar-refractivity contribution is 5.06. The fourth-order valence-electron chi connectivity index (χ4n) is 1.73. The maximum Gasteiger partial charge on any atom is 0.434 e. The second kappa shape index (κ2) is 7.76. The molecule has 0 unspecified atom stereocenters. The third kappa shape index (κ3) is 4.93. The van der Waals surface area contributed by atoms with E-state index >= 15 is 0 Å². The van der Waals surface area contributed by atoms with Gasteiger partial charge in [0.25, 0.3) is 0 Å². The van der Waals surface area contributed by atoms with Crippen LogP contribution in [-0.2, 0) is 6.54 Å². The summed E-state index contributed by atoms with van der Waals surface area (Å²) in [7, 11) is 0. The molecular weight excluding hydrogens is 224 g/mol. The highest BCUT2D eigenvalue weighted by Gasteiger charge is 2.12. The number of alkyl halides is 1. The second-order valence-corrected chi connectivity index (χ2v) is 3.99. The Labute approximate surface area is 99.8 Å². The summed E-state index contributed by atoms with van der Waals surface area (Å²) < 4.78 is 13.4. The molecule has 0 aromatic carbocycles.